The number of nitrogens with zero attached hydrogens (tertiary/aromatic N) is 1. The Morgan fingerprint density at radius 1 is 1.53 bits per heavy atom. The lowest BCUT2D eigenvalue weighted by Crippen LogP contribution is -2.04. The quantitative estimate of drug-likeness (QED) is 0.394. The SMILES string of the molecule is C=CCc1cc([N+](=O)[O-])c(S(=O)(=O)O)cc1Cl. The fourth-order valence-corrected chi connectivity index (χ4v) is 2.22. The molecule has 0 aromatic heterocycles. The maximum absolute atomic E-state index is 11.0. The number of halogens is 1. The Kier molecular flexibility index (Phi) is 3.87. The average molecular weight is 278 g/mol. The molecule has 1 aromatic carbocycles. The first-order valence-electron chi connectivity index (χ1n) is 4.32. The molecule has 0 spiro atoms. The zero-order valence-corrected chi connectivity index (χ0v) is 10.0. The summed E-state index contributed by atoms with van der Waals surface area (Å²) in [7, 11) is -4.68. The number of nitro benzene ring substituents is 1. The minimum absolute atomic E-state index is 0.0168. The van der Waals surface area contributed by atoms with Crippen molar-refractivity contribution in [3.05, 3.63) is 45.5 Å². The summed E-state index contributed by atoms with van der Waals surface area (Å²) in [5.41, 5.74) is -0.352. The van der Waals surface area contributed by atoms with Crippen LogP contribution in [-0.4, -0.2) is 17.9 Å². The van der Waals surface area contributed by atoms with Gasteiger partial charge in [0.25, 0.3) is 5.69 Å². The smallest absolute Gasteiger partial charge is 0.282 e. The molecular weight excluding hydrogens is 270 g/mol. The Bertz CT molecular complexity index is 581. The van der Waals surface area contributed by atoms with Crippen LogP contribution in [0.2, 0.25) is 5.02 Å². The monoisotopic (exact) mass is 277 g/mol. The van der Waals surface area contributed by atoms with Crippen LogP contribution in [0.1, 0.15) is 5.56 Å². The summed E-state index contributed by atoms with van der Waals surface area (Å²) >= 11 is 5.74. The van der Waals surface area contributed by atoms with Gasteiger partial charge in [0.05, 0.1) is 4.92 Å². The second-order valence-corrected chi connectivity index (χ2v) is 4.93. The summed E-state index contributed by atoms with van der Waals surface area (Å²) in [5.74, 6) is 0. The zero-order valence-electron chi connectivity index (χ0n) is 8.46. The molecule has 0 unspecified atom stereocenters. The number of allylic oxidation sites excluding steroid dienone is 1. The van der Waals surface area contributed by atoms with Crippen molar-refractivity contribution in [1.82, 2.24) is 0 Å². The van der Waals surface area contributed by atoms with E-state index in [0.717, 1.165) is 12.1 Å². The van der Waals surface area contributed by atoms with E-state index in [9.17, 15) is 18.5 Å². The van der Waals surface area contributed by atoms with Crippen LogP contribution >= 0.6 is 11.6 Å². The van der Waals surface area contributed by atoms with Gasteiger partial charge in [0, 0.05) is 11.1 Å². The van der Waals surface area contributed by atoms with E-state index < -0.39 is 25.6 Å². The number of nitro groups is 1. The predicted molar refractivity (Wildman–Crippen MR) is 61.8 cm³/mol. The highest BCUT2D eigenvalue weighted by Crippen LogP contribution is 2.30. The summed E-state index contributed by atoms with van der Waals surface area (Å²) < 4.78 is 30.8. The lowest BCUT2D eigenvalue weighted by atomic mass is 10.1. The molecule has 0 bridgehead atoms. The van der Waals surface area contributed by atoms with Crippen molar-refractivity contribution in [3.63, 3.8) is 0 Å². The molecule has 1 aromatic rings. The van der Waals surface area contributed by atoms with Gasteiger partial charge in [-0.25, -0.2) is 0 Å². The van der Waals surface area contributed by atoms with E-state index in [2.05, 4.69) is 6.58 Å². The average Bonchev–Trinajstić information content (AvgIpc) is 2.19. The molecular formula is C9H8ClNO5S. The van der Waals surface area contributed by atoms with Crippen molar-refractivity contribution in [2.75, 3.05) is 0 Å². The van der Waals surface area contributed by atoms with Crippen LogP contribution in [0, 0.1) is 10.1 Å². The topological polar surface area (TPSA) is 97.5 Å². The predicted octanol–water partition coefficient (Wildman–Crippen LogP) is 2.22. The molecule has 0 amide bonds. The van der Waals surface area contributed by atoms with E-state index >= 15 is 0 Å². The molecule has 0 heterocycles. The highest BCUT2D eigenvalue weighted by atomic mass is 35.5. The largest absolute Gasteiger partial charge is 0.301 e. The van der Waals surface area contributed by atoms with E-state index in [-0.39, 0.29) is 11.4 Å². The van der Waals surface area contributed by atoms with E-state index in [1.807, 2.05) is 0 Å². The highest BCUT2D eigenvalue weighted by Gasteiger charge is 2.25. The van der Waals surface area contributed by atoms with E-state index in [1.165, 1.54) is 6.08 Å². The van der Waals surface area contributed by atoms with Gasteiger partial charge in [-0.3, -0.25) is 14.7 Å². The first kappa shape index (κ1) is 13.6. The molecule has 0 aliphatic rings. The van der Waals surface area contributed by atoms with Crippen LogP contribution in [0.4, 0.5) is 5.69 Å². The van der Waals surface area contributed by atoms with Gasteiger partial charge in [0.1, 0.15) is 0 Å². The van der Waals surface area contributed by atoms with Crippen LogP contribution in [0.3, 0.4) is 0 Å². The van der Waals surface area contributed by atoms with Gasteiger partial charge < -0.3 is 0 Å². The third-order valence-corrected chi connectivity index (χ3v) is 3.20. The standard InChI is InChI=1S/C9H8ClNO5S/c1-2-3-6-4-8(11(12)13)9(5-7(6)10)17(14,15)16/h2,4-5H,1,3H2,(H,14,15,16). The van der Waals surface area contributed by atoms with Crippen LogP contribution < -0.4 is 0 Å². The minimum Gasteiger partial charge on any atom is -0.282 e. The molecule has 1 N–H and O–H groups in total. The second kappa shape index (κ2) is 4.82. The van der Waals surface area contributed by atoms with Gasteiger partial charge in [0.15, 0.2) is 4.90 Å². The number of benzene rings is 1. The normalized spacial score (nSPS) is 11.2. The second-order valence-electron chi connectivity index (χ2n) is 3.14. The molecule has 0 saturated carbocycles. The summed E-state index contributed by atoms with van der Waals surface area (Å²) in [4.78, 5) is 8.98. The summed E-state index contributed by atoms with van der Waals surface area (Å²) in [6.45, 7) is 3.45. The van der Waals surface area contributed by atoms with E-state index in [0.29, 0.717) is 5.56 Å². The molecule has 0 atom stereocenters. The minimum atomic E-state index is -4.68. The number of hydrogen-bond donors (Lipinski definition) is 1. The van der Waals surface area contributed by atoms with E-state index in [1.54, 1.807) is 0 Å². The first-order valence-corrected chi connectivity index (χ1v) is 6.14. The molecule has 0 saturated heterocycles. The molecule has 8 heteroatoms. The third-order valence-electron chi connectivity index (χ3n) is 1.97. The zero-order chi connectivity index (χ0) is 13.2. The summed E-state index contributed by atoms with van der Waals surface area (Å²) in [6, 6.07) is 1.86. The Hall–Kier alpha value is -1.44. The fraction of sp³-hybridized carbons (Fsp3) is 0.111. The Morgan fingerprint density at radius 2 is 2.12 bits per heavy atom. The molecule has 0 aliphatic heterocycles. The molecule has 0 fully saturated rings. The maximum Gasteiger partial charge on any atom is 0.301 e. The summed E-state index contributed by atoms with van der Waals surface area (Å²) in [6.07, 6.45) is 1.73. The molecule has 0 aliphatic carbocycles. The molecule has 0 radical (unpaired) electrons. The van der Waals surface area contributed by atoms with Crippen LogP contribution in [0.15, 0.2) is 29.7 Å². The van der Waals surface area contributed by atoms with Crippen molar-refractivity contribution in [1.29, 1.82) is 0 Å². The van der Waals surface area contributed by atoms with Gasteiger partial charge in [-0.2, -0.15) is 8.42 Å². The van der Waals surface area contributed by atoms with Crippen molar-refractivity contribution < 1.29 is 17.9 Å². The van der Waals surface area contributed by atoms with Crippen molar-refractivity contribution in [3.8, 4) is 0 Å². The van der Waals surface area contributed by atoms with Crippen LogP contribution in [-0.2, 0) is 16.5 Å². The lowest BCUT2D eigenvalue weighted by Gasteiger charge is -2.05. The summed E-state index contributed by atoms with van der Waals surface area (Å²) in [5, 5.41) is 10.7. The molecule has 17 heavy (non-hydrogen) atoms. The van der Waals surface area contributed by atoms with Gasteiger partial charge in [-0.05, 0) is 18.1 Å². The Balaban J connectivity index is 3.58. The van der Waals surface area contributed by atoms with Gasteiger partial charge in [-0.15, -0.1) is 6.58 Å². The molecule has 92 valence electrons. The third kappa shape index (κ3) is 3.02. The fourth-order valence-electron chi connectivity index (χ4n) is 1.25. The Labute approximate surface area is 102 Å². The lowest BCUT2D eigenvalue weighted by molar-refractivity contribution is -0.387. The van der Waals surface area contributed by atoms with Crippen LogP contribution in [0.5, 0.6) is 0 Å². The maximum atomic E-state index is 11.0. The molecule has 1 rings (SSSR count). The van der Waals surface area contributed by atoms with Gasteiger partial charge >= 0.3 is 10.1 Å². The van der Waals surface area contributed by atoms with Crippen molar-refractivity contribution in [2.45, 2.75) is 11.3 Å². The van der Waals surface area contributed by atoms with Crippen molar-refractivity contribution in [2.24, 2.45) is 0 Å². The van der Waals surface area contributed by atoms with Gasteiger partial charge in [0.2, 0.25) is 0 Å². The van der Waals surface area contributed by atoms with Crippen molar-refractivity contribution >= 4 is 27.4 Å². The molecule has 6 nitrogen and oxygen atoms in total. The van der Waals surface area contributed by atoms with Gasteiger partial charge in [-0.1, -0.05) is 17.7 Å². The first-order chi connectivity index (χ1) is 7.77. The highest BCUT2D eigenvalue weighted by molar-refractivity contribution is 7.86. The number of rotatable bonds is 4. The Morgan fingerprint density at radius 3 is 2.53 bits per heavy atom. The van der Waals surface area contributed by atoms with E-state index in [4.69, 9.17) is 16.2 Å². The van der Waals surface area contributed by atoms with Crippen LogP contribution in [0.25, 0.3) is 0 Å². The number of hydrogen-bond acceptors (Lipinski definition) is 4.